The van der Waals surface area contributed by atoms with E-state index in [1.165, 1.54) is 32.5 Å². The van der Waals surface area contributed by atoms with E-state index in [1.54, 1.807) is 0 Å². The van der Waals surface area contributed by atoms with Crippen LogP contribution in [0.15, 0.2) is 0 Å². The Morgan fingerprint density at radius 3 is 2.79 bits per heavy atom. The predicted octanol–water partition coefficient (Wildman–Crippen LogP) is 0.763. The number of likely N-dealkylation sites (N-methyl/N-ethyl adjacent to an activating group) is 1. The van der Waals surface area contributed by atoms with E-state index in [1.807, 2.05) is 0 Å². The molecule has 0 radical (unpaired) electrons. The second-order valence-corrected chi connectivity index (χ2v) is 6.72. The third-order valence-corrected chi connectivity index (χ3v) is 5.10. The molecule has 3 unspecified atom stereocenters. The lowest BCUT2D eigenvalue weighted by Gasteiger charge is -2.31. The number of rotatable bonds is 6. The Morgan fingerprint density at radius 1 is 1.42 bits per heavy atom. The van der Waals surface area contributed by atoms with E-state index in [9.17, 15) is 5.11 Å². The summed E-state index contributed by atoms with van der Waals surface area (Å²) in [5.41, 5.74) is -0.0137. The topological polar surface area (TPSA) is 38.7 Å². The number of hydrogen-bond acceptors (Lipinski definition) is 4. The minimum absolute atomic E-state index is 0.0137. The first-order valence-electron chi connectivity index (χ1n) is 7.83. The lowest BCUT2D eigenvalue weighted by atomic mass is 9.98. The van der Waals surface area contributed by atoms with Crippen LogP contribution in [0.4, 0.5) is 0 Å². The van der Waals surface area contributed by atoms with Gasteiger partial charge in [0.15, 0.2) is 0 Å². The highest BCUT2D eigenvalue weighted by Crippen LogP contribution is 2.33. The molecule has 1 saturated heterocycles. The first-order chi connectivity index (χ1) is 9.08. The van der Waals surface area contributed by atoms with Crippen LogP contribution in [0.2, 0.25) is 0 Å². The van der Waals surface area contributed by atoms with Crippen molar-refractivity contribution in [1.29, 1.82) is 0 Å². The third-order valence-electron chi connectivity index (χ3n) is 5.10. The smallest absolute Gasteiger partial charge is 0.0613 e. The lowest BCUT2D eigenvalue weighted by molar-refractivity contribution is 0.147. The Morgan fingerprint density at radius 2 is 2.21 bits per heavy atom. The fourth-order valence-electron chi connectivity index (χ4n) is 3.94. The van der Waals surface area contributed by atoms with E-state index >= 15 is 0 Å². The van der Waals surface area contributed by atoms with Crippen molar-refractivity contribution >= 4 is 0 Å². The molecule has 112 valence electrons. The van der Waals surface area contributed by atoms with Crippen LogP contribution in [0.3, 0.4) is 0 Å². The Bertz CT molecular complexity index is 287. The molecule has 4 nitrogen and oxygen atoms in total. The van der Waals surface area contributed by atoms with Crippen molar-refractivity contribution in [3.05, 3.63) is 0 Å². The molecule has 0 aromatic carbocycles. The molecule has 2 aliphatic rings. The molecule has 1 heterocycles. The van der Waals surface area contributed by atoms with Crippen molar-refractivity contribution in [3.8, 4) is 0 Å². The summed E-state index contributed by atoms with van der Waals surface area (Å²) in [4.78, 5) is 4.97. The number of aliphatic hydroxyl groups is 1. The standard InChI is InChI=1S/C15H31N3O/c1-4-16-15(12-19)7-5-14(9-15)18(3)11-13-6-8-17(2)10-13/h13-14,16,19H,4-12H2,1-3H3. The zero-order valence-electron chi connectivity index (χ0n) is 12.9. The van der Waals surface area contributed by atoms with Crippen LogP contribution in [0.1, 0.15) is 32.6 Å². The van der Waals surface area contributed by atoms with Gasteiger partial charge in [-0.25, -0.2) is 0 Å². The molecule has 2 rings (SSSR count). The van der Waals surface area contributed by atoms with Crippen molar-refractivity contribution in [2.45, 2.75) is 44.2 Å². The second-order valence-electron chi connectivity index (χ2n) is 6.72. The van der Waals surface area contributed by atoms with E-state index < -0.39 is 0 Å². The zero-order chi connectivity index (χ0) is 13.9. The molecular formula is C15H31N3O. The molecule has 1 saturated carbocycles. The Labute approximate surface area is 118 Å². The SMILES string of the molecule is CCNC1(CO)CCC(N(C)CC2CCN(C)C2)C1. The normalized spacial score (nSPS) is 36.5. The summed E-state index contributed by atoms with van der Waals surface area (Å²) in [5.74, 6) is 0.832. The first-order valence-corrected chi connectivity index (χ1v) is 7.83. The maximum atomic E-state index is 9.68. The van der Waals surface area contributed by atoms with Gasteiger partial charge in [0.2, 0.25) is 0 Å². The second kappa shape index (κ2) is 6.53. The van der Waals surface area contributed by atoms with Crippen LogP contribution in [-0.4, -0.2) is 73.4 Å². The van der Waals surface area contributed by atoms with Gasteiger partial charge in [-0.2, -0.15) is 0 Å². The molecule has 19 heavy (non-hydrogen) atoms. The summed E-state index contributed by atoms with van der Waals surface area (Å²) in [6, 6.07) is 0.636. The first kappa shape index (κ1) is 15.2. The molecule has 0 aromatic rings. The van der Waals surface area contributed by atoms with Crippen molar-refractivity contribution in [3.63, 3.8) is 0 Å². The highest BCUT2D eigenvalue weighted by molar-refractivity contribution is 4.99. The molecular weight excluding hydrogens is 238 g/mol. The molecule has 2 N–H and O–H groups in total. The summed E-state index contributed by atoms with van der Waals surface area (Å²) in [6.45, 7) is 7.06. The van der Waals surface area contributed by atoms with E-state index in [0.717, 1.165) is 25.3 Å². The van der Waals surface area contributed by atoms with Crippen LogP contribution in [-0.2, 0) is 0 Å². The minimum atomic E-state index is -0.0137. The van der Waals surface area contributed by atoms with Gasteiger partial charge >= 0.3 is 0 Å². The van der Waals surface area contributed by atoms with Crippen molar-refractivity contribution in [2.24, 2.45) is 5.92 Å². The number of aliphatic hydroxyl groups excluding tert-OH is 1. The highest BCUT2D eigenvalue weighted by Gasteiger charge is 2.39. The number of hydrogen-bond donors (Lipinski definition) is 2. The van der Waals surface area contributed by atoms with Crippen LogP contribution in [0, 0.1) is 5.92 Å². The molecule has 1 aliphatic heterocycles. The van der Waals surface area contributed by atoms with Gasteiger partial charge in [-0.3, -0.25) is 0 Å². The molecule has 3 atom stereocenters. The van der Waals surface area contributed by atoms with Crippen LogP contribution >= 0.6 is 0 Å². The maximum Gasteiger partial charge on any atom is 0.0613 e. The number of nitrogens with zero attached hydrogens (tertiary/aromatic N) is 2. The molecule has 2 fully saturated rings. The Balaban J connectivity index is 1.82. The summed E-state index contributed by atoms with van der Waals surface area (Å²) >= 11 is 0. The maximum absolute atomic E-state index is 9.68. The van der Waals surface area contributed by atoms with E-state index in [0.29, 0.717) is 6.04 Å². The largest absolute Gasteiger partial charge is 0.394 e. The van der Waals surface area contributed by atoms with Crippen molar-refractivity contribution < 1.29 is 5.11 Å². The minimum Gasteiger partial charge on any atom is -0.394 e. The van der Waals surface area contributed by atoms with Crippen LogP contribution in [0.5, 0.6) is 0 Å². The molecule has 1 aliphatic carbocycles. The molecule has 4 heteroatoms. The summed E-state index contributed by atoms with van der Waals surface area (Å²) in [5, 5.41) is 13.2. The van der Waals surface area contributed by atoms with Crippen molar-refractivity contribution in [2.75, 3.05) is 46.9 Å². The molecule has 0 amide bonds. The summed E-state index contributed by atoms with van der Waals surface area (Å²) in [6.07, 6.45) is 4.76. The van der Waals surface area contributed by atoms with E-state index in [-0.39, 0.29) is 12.1 Å². The monoisotopic (exact) mass is 269 g/mol. The van der Waals surface area contributed by atoms with Gasteiger partial charge < -0.3 is 20.2 Å². The fraction of sp³-hybridized carbons (Fsp3) is 1.00. The van der Waals surface area contributed by atoms with Crippen LogP contribution in [0.25, 0.3) is 0 Å². The van der Waals surface area contributed by atoms with Gasteiger partial charge in [0, 0.05) is 24.7 Å². The van der Waals surface area contributed by atoms with Crippen LogP contribution < -0.4 is 5.32 Å². The molecule has 0 spiro atoms. The Kier molecular flexibility index (Phi) is 5.23. The lowest BCUT2D eigenvalue weighted by Crippen LogP contribution is -2.47. The molecule has 0 bridgehead atoms. The van der Waals surface area contributed by atoms with Gasteiger partial charge in [0.1, 0.15) is 0 Å². The number of likely N-dealkylation sites (tertiary alicyclic amines) is 1. The fourth-order valence-corrected chi connectivity index (χ4v) is 3.94. The third kappa shape index (κ3) is 3.69. The van der Waals surface area contributed by atoms with Crippen molar-refractivity contribution in [1.82, 2.24) is 15.1 Å². The van der Waals surface area contributed by atoms with E-state index in [4.69, 9.17) is 0 Å². The van der Waals surface area contributed by atoms with Gasteiger partial charge in [0.05, 0.1) is 6.61 Å². The summed E-state index contributed by atoms with van der Waals surface area (Å²) < 4.78 is 0. The van der Waals surface area contributed by atoms with E-state index in [2.05, 4.69) is 36.1 Å². The quantitative estimate of drug-likeness (QED) is 0.747. The van der Waals surface area contributed by atoms with Gasteiger partial charge in [-0.05, 0) is 58.8 Å². The highest BCUT2D eigenvalue weighted by atomic mass is 16.3. The number of nitrogens with one attached hydrogen (secondary N) is 1. The zero-order valence-corrected chi connectivity index (χ0v) is 12.9. The predicted molar refractivity (Wildman–Crippen MR) is 79.4 cm³/mol. The molecule has 0 aromatic heterocycles. The van der Waals surface area contributed by atoms with Gasteiger partial charge in [-0.1, -0.05) is 6.92 Å². The average molecular weight is 269 g/mol. The average Bonchev–Trinajstić information content (AvgIpc) is 2.97. The summed E-state index contributed by atoms with van der Waals surface area (Å²) in [7, 11) is 4.49. The Hall–Kier alpha value is -0.160. The van der Waals surface area contributed by atoms with Gasteiger partial charge in [0.25, 0.3) is 0 Å². The van der Waals surface area contributed by atoms with Gasteiger partial charge in [-0.15, -0.1) is 0 Å².